The molecule has 0 aliphatic heterocycles. The molecule has 0 unspecified atom stereocenters. The number of carbonyl (C=O) groups is 5. The first kappa shape index (κ1) is 21.4. The molecule has 2 rings (SSSR count). The zero-order chi connectivity index (χ0) is 21.2. The van der Waals surface area contributed by atoms with Crippen molar-refractivity contribution in [1.29, 1.82) is 0 Å². The summed E-state index contributed by atoms with van der Waals surface area (Å²) in [7, 11) is 0. The summed E-state index contributed by atoms with van der Waals surface area (Å²) in [5.74, 6) is -2.85. The van der Waals surface area contributed by atoms with Gasteiger partial charge in [-0.15, -0.1) is 0 Å². The molecule has 1 heterocycles. The van der Waals surface area contributed by atoms with Gasteiger partial charge in [-0.25, -0.2) is 0 Å². The summed E-state index contributed by atoms with van der Waals surface area (Å²) in [5.41, 5.74) is 0.637. The summed E-state index contributed by atoms with van der Waals surface area (Å²) in [6, 6.07) is 9.38. The number of ether oxygens (including phenoxy) is 1. The van der Waals surface area contributed by atoms with Crippen molar-refractivity contribution >= 4 is 35.2 Å². The lowest BCUT2D eigenvalue weighted by Gasteiger charge is -2.10. The van der Waals surface area contributed by atoms with E-state index in [1.807, 2.05) is 0 Å². The van der Waals surface area contributed by atoms with Gasteiger partial charge in [0.2, 0.25) is 5.91 Å². The van der Waals surface area contributed by atoms with E-state index in [0.29, 0.717) is 11.3 Å². The Labute approximate surface area is 165 Å². The standard InChI is InChI=1S/C19H19N3O7/c1-12(23)13-5-2-3-6-14(13)22-17(25)11-29-18(26)10-20-16(24)9-21-19(27)15-7-4-8-28-15/h2-8H,9-11H2,1H3,(H,20,24)(H,21,27)(H,22,25). The highest BCUT2D eigenvalue weighted by Gasteiger charge is 2.14. The average molecular weight is 401 g/mol. The van der Waals surface area contributed by atoms with Crippen LogP contribution in [0.4, 0.5) is 5.69 Å². The van der Waals surface area contributed by atoms with Gasteiger partial charge in [-0.05, 0) is 31.2 Å². The molecular formula is C19H19N3O7. The molecule has 3 N–H and O–H groups in total. The normalized spacial score (nSPS) is 9.97. The molecule has 3 amide bonds. The zero-order valence-electron chi connectivity index (χ0n) is 15.5. The van der Waals surface area contributed by atoms with Gasteiger partial charge in [0.25, 0.3) is 11.8 Å². The molecule has 0 saturated heterocycles. The Balaban J connectivity index is 1.67. The molecule has 0 radical (unpaired) electrons. The number of para-hydroxylation sites is 1. The second kappa shape index (κ2) is 10.4. The van der Waals surface area contributed by atoms with Gasteiger partial charge in [-0.3, -0.25) is 24.0 Å². The van der Waals surface area contributed by atoms with Gasteiger partial charge in [0.15, 0.2) is 18.2 Å². The van der Waals surface area contributed by atoms with Crippen molar-refractivity contribution < 1.29 is 33.1 Å². The predicted molar refractivity (Wildman–Crippen MR) is 100 cm³/mol. The van der Waals surface area contributed by atoms with Gasteiger partial charge in [0.05, 0.1) is 18.5 Å². The number of anilines is 1. The number of benzene rings is 1. The van der Waals surface area contributed by atoms with Crippen LogP contribution in [0.3, 0.4) is 0 Å². The average Bonchev–Trinajstić information content (AvgIpc) is 3.24. The van der Waals surface area contributed by atoms with E-state index in [4.69, 9.17) is 9.15 Å². The van der Waals surface area contributed by atoms with E-state index in [0.717, 1.165) is 0 Å². The number of ketones is 1. The molecule has 10 nitrogen and oxygen atoms in total. The fraction of sp³-hybridized carbons (Fsp3) is 0.211. The van der Waals surface area contributed by atoms with E-state index >= 15 is 0 Å². The number of Topliss-reactive ketones (excluding diaryl/α,β-unsaturated/α-hetero) is 1. The van der Waals surface area contributed by atoms with Crippen molar-refractivity contribution in [3.8, 4) is 0 Å². The quantitative estimate of drug-likeness (QED) is 0.410. The molecule has 0 aliphatic rings. The van der Waals surface area contributed by atoms with Crippen molar-refractivity contribution in [2.45, 2.75) is 6.92 Å². The molecular weight excluding hydrogens is 382 g/mol. The van der Waals surface area contributed by atoms with Gasteiger partial charge in [-0.1, -0.05) is 12.1 Å². The Bertz CT molecular complexity index is 906. The van der Waals surface area contributed by atoms with Gasteiger partial charge in [-0.2, -0.15) is 0 Å². The van der Waals surface area contributed by atoms with Crippen LogP contribution in [-0.2, 0) is 19.1 Å². The smallest absolute Gasteiger partial charge is 0.325 e. The van der Waals surface area contributed by atoms with Crippen molar-refractivity contribution in [1.82, 2.24) is 10.6 Å². The second-order valence-corrected chi connectivity index (χ2v) is 5.75. The third kappa shape index (κ3) is 6.94. The van der Waals surface area contributed by atoms with Gasteiger partial charge in [0, 0.05) is 5.56 Å². The van der Waals surface area contributed by atoms with Crippen LogP contribution in [-0.4, -0.2) is 49.2 Å². The molecule has 2 aromatic rings. The first-order valence-electron chi connectivity index (χ1n) is 8.50. The monoisotopic (exact) mass is 401 g/mol. The minimum Gasteiger partial charge on any atom is -0.459 e. The number of hydrogen-bond acceptors (Lipinski definition) is 7. The summed E-state index contributed by atoms with van der Waals surface area (Å²) < 4.78 is 9.63. The van der Waals surface area contributed by atoms with Gasteiger partial charge >= 0.3 is 5.97 Å². The molecule has 152 valence electrons. The molecule has 10 heteroatoms. The Morgan fingerprint density at radius 1 is 0.931 bits per heavy atom. The zero-order valence-corrected chi connectivity index (χ0v) is 15.5. The number of rotatable bonds is 9. The third-order valence-electron chi connectivity index (χ3n) is 3.53. The minimum atomic E-state index is -0.842. The van der Waals surface area contributed by atoms with E-state index in [9.17, 15) is 24.0 Å². The lowest BCUT2D eigenvalue weighted by Crippen LogP contribution is -2.39. The van der Waals surface area contributed by atoms with E-state index in [2.05, 4.69) is 16.0 Å². The molecule has 29 heavy (non-hydrogen) atoms. The molecule has 1 aromatic carbocycles. The molecule has 0 saturated carbocycles. The Hall–Kier alpha value is -3.95. The van der Waals surface area contributed by atoms with Crippen molar-refractivity contribution in [3.05, 3.63) is 54.0 Å². The van der Waals surface area contributed by atoms with Crippen LogP contribution in [0.5, 0.6) is 0 Å². The number of esters is 1. The summed E-state index contributed by atoms with van der Waals surface area (Å²) in [5, 5.41) is 7.03. The fourth-order valence-electron chi connectivity index (χ4n) is 2.17. The Kier molecular flexibility index (Phi) is 7.66. The summed E-state index contributed by atoms with van der Waals surface area (Å²) in [6.45, 7) is -0.0667. The topological polar surface area (TPSA) is 144 Å². The maximum Gasteiger partial charge on any atom is 0.325 e. The van der Waals surface area contributed by atoms with E-state index in [1.54, 1.807) is 24.3 Å². The summed E-state index contributed by atoms with van der Waals surface area (Å²) in [6.07, 6.45) is 1.32. The number of nitrogens with one attached hydrogen (secondary N) is 3. The van der Waals surface area contributed by atoms with Crippen LogP contribution in [0.1, 0.15) is 27.8 Å². The maximum atomic E-state index is 11.9. The first-order valence-corrected chi connectivity index (χ1v) is 8.50. The van der Waals surface area contributed by atoms with Gasteiger partial charge in [0.1, 0.15) is 6.54 Å². The molecule has 1 aromatic heterocycles. The van der Waals surface area contributed by atoms with Gasteiger partial charge < -0.3 is 25.1 Å². The maximum absolute atomic E-state index is 11.9. The van der Waals surface area contributed by atoms with Crippen molar-refractivity contribution in [3.63, 3.8) is 0 Å². The lowest BCUT2D eigenvalue weighted by atomic mass is 10.1. The van der Waals surface area contributed by atoms with Crippen LogP contribution in [0.2, 0.25) is 0 Å². The number of furan rings is 1. The third-order valence-corrected chi connectivity index (χ3v) is 3.53. The van der Waals surface area contributed by atoms with E-state index in [1.165, 1.54) is 25.3 Å². The van der Waals surface area contributed by atoms with Crippen LogP contribution in [0, 0.1) is 0 Å². The molecule has 0 atom stereocenters. The highest BCUT2D eigenvalue weighted by molar-refractivity contribution is 6.04. The Morgan fingerprint density at radius 2 is 1.69 bits per heavy atom. The first-order chi connectivity index (χ1) is 13.9. The Morgan fingerprint density at radius 3 is 2.38 bits per heavy atom. The largest absolute Gasteiger partial charge is 0.459 e. The highest BCUT2D eigenvalue weighted by atomic mass is 16.5. The summed E-state index contributed by atoms with van der Waals surface area (Å²) >= 11 is 0. The van der Waals surface area contributed by atoms with E-state index < -0.39 is 36.8 Å². The van der Waals surface area contributed by atoms with Crippen LogP contribution >= 0.6 is 0 Å². The highest BCUT2D eigenvalue weighted by Crippen LogP contribution is 2.15. The number of hydrogen-bond donors (Lipinski definition) is 3. The number of carbonyl (C=O) groups excluding carboxylic acids is 5. The number of amides is 3. The summed E-state index contributed by atoms with van der Waals surface area (Å²) in [4.78, 5) is 58.3. The minimum absolute atomic E-state index is 0.0505. The van der Waals surface area contributed by atoms with Crippen LogP contribution in [0.25, 0.3) is 0 Å². The SMILES string of the molecule is CC(=O)c1ccccc1NC(=O)COC(=O)CNC(=O)CNC(=O)c1ccco1. The van der Waals surface area contributed by atoms with Crippen LogP contribution in [0.15, 0.2) is 47.1 Å². The lowest BCUT2D eigenvalue weighted by molar-refractivity contribution is -0.147. The molecule has 0 aliphatic carbocycles. The molecule has 0 spiro atoms. The molecule has 0 fully saturated rings. The second-order valence-electron chi connectivity index (χ2n) is 5.75. The van der Waals surface area contributed by atoms with Crippen LogP contribution < -0.4 is 16.0 Å². The van der Waals surface area contributed by atoms with Crippen molar-refractivity contribution in [2.75, 3.05) is 25.0 Å². The predicted octanol–water partition coefficient (Wildman–Crippen LogP) is 0.510. The van der Waals surface area contributed by atoms with Crippen molar-refractivity contribution in [2.24, 2.45) is 0 Å². The van der Waals surface area contributed by atoms with E-state index in [-0.39, 0.29) is 18.1 Å². The molecule has 0 bridgehead atoms. The fourth-order valence-corrected chi connectivity index (χ4v) is 2.17.